The van der Waals surface area contributed by atoms with E-state index < -0.39 is 5.60 Å². The molecular weight excluding hydrogens is 404 g/mol. The molecule has 0 bridgehead atoms. The SMILES string of the molecule is CC1CCc2ncnc(N3CC4(CCN(C(=O)OC(C)(C)C)CC4)c4cc(O)ccc43)c21. The summed E-state index contributed by atoms with van der Waals surface area (Å²) in [5, 5.41) is 10.3. The van der Waals surface area contributed by atoms with Gasteiger partial charge in [0.15, 0.2) is 0 Å². The van der Waals surface area contributed by atoms with Gasteiger partial charge in [-0.15, -0.1) is 0 Å². The van der Waals surface area contributed by atoms with Gasteiger partial charge in [0.2, 0.25) is 0 Å². The first-order valence-electron chi connectivity index (χ1n) is 11.6. The van der Waals surface area contributed by atoms with Crippen LogP contribution in [0.3, 0.4) is 0 Å². The van der Waals surface area contributed by atoms with Crippen LogP contribution >= 0.6 is 0 Å². The minimum Gasteiger partial charge on any atom is -0.508 e. The highest BCUT2D eigenvalue weighted by atomic mass is 16.6. The maximum absolute atomic E-state index is 12.6. The zero-order valence-electron chi connectivity index (χ0n) is 19.4. The number of likely N-dealkylation sites (tertiary alicyclic amines) is 1. The molecule has 5 rings (SSSR count). The van der Waals surface area contributed by atoms with E-state index in [9.17, 15) is 9.90 Å². The fourth-order valence-corrected chi connectivity index (χ4v) is 5.56. The normalized spacial score (nSPS) is 21.6. The van der Waals surface area contributed by atoms with E-state index in [1.807, 2.05) is 37.8 Å². The largest absolute Gasteiger partial charge is 0.508 e. The summed E-state index contributed by atoms with van der Waals surface area (Å²) in [6.07, 6.45) is 5.18. The van der Waals surface area contributed by atoms with Gasteiger partial charge in [-0.2, -0.15) is 0 Å². The summed E-state index contributed by atoms with van der Waals surface area (Å²) < 4.78 is 5.59. The first kappa shape index (κ1) is 21.0. The van der Waals surface area contributed by atoms with Crippen LogP contribution < -0.4 is 4.90 Å². The highest BCUT2D eigenvalue weighted by Crippen LogP contribution is 2.52. The van der Waals surface area contributed by atoms with Crippen LogP contribution in [0.2, 0.25) is 0 Å². The van der Waals surface area contributed by atoms with Gasteiger partial charge < -0.3 is 19.6 Å². The highest BCUT2D eigenvalue weighted by molar-refractivity contribution is 5.75. The van der Waals surface area contributed by atoms with Gasteiger partial charge >= 0.3 is 6.09 Å². The van der Waals surface area contributed by atoms with Crippen molar-refractivity contribution < 1.29 is 14.6 Å². The molecule has 1 saturated heterocycles. The number of hydrogen-bond donors (Lipinski definition) is 1. The molecule has 32 heavy (non-hydrogen) atoms. The molecule has 1 unspecified atom stereocenters. The minimum atomic E-state index is -0.501. The molecule has 7 nitrogen and oxygen atoms in total. The molecular formula is C25H32N4O3. The van der Waals surface area contributed by atoms with E-state index in [0.29, 0.717) is 19.0 Å². The van der Waals surface area contributed by atoms with E-state index in [1.54, 1.807) is 12.4 Å². The van der Waals surface area contributed by atoms with Crippen molar-refractivity contribution in [3.8, 4) is 5.75 Å². The zero-order valence-corrected chi connectivity index (χ0v) is 19.4. The monoisotopic (exact) mass is 436 g/mol. The lowest BCUT2D eigenvalue weighted by atomic mass is 9.74. The van der Waals surface area contributed by atoms with Gasteiger partial charge in [-0.1, -0.05) is 6.92 Å². The summed E-state index contributed by atoms with van der Waals surface area (Å²) in [7, 11) is 0. The zero-order chi connectivity index (χ0) is 22.7. The van der Waals surface area contributed by atoms with E-state index in [-0.39, 0.29) is 17.3 Å². The lowest BCUT2D eigenvalue weighted by molar-refractivity contribution is 0.0171. The standard InChI is InChI=1S/C25H32N4O3/c1-16-5-7-19-21(16)22(27-15-26-19)29-14-25(18-13-17(30)6-8-20(18)29)9-11-28(12-10-25)23(31)32-24(2,3)4/h6,8,13,15-16,30H,5,7,9-12,14H2,1-4H3. The molecule has 1 aromatic carbocycles. The molecule has 1 aliphatic carbocycles. The van der Waals surface area contributed by atoms with Gasteiger partial charge in [-0.25, -0.2) is 14.8 Å². The lowest BCUT2D eigenvalue weighted by Gasteiger charge is -2.40. The van der Waals surface area contributed by atoms with Gasteiger partial charge in [-0.05, 0) is 76.1 Å². The topological polar surface area (TPSA) is 78.8 Å². The second-order valence-corrected chi connectivity index (χ2v) is 10.5. The number of phenols is 1. The molecule has 3 aliphatic rings. The summed E-state index contributed by atoms with van der Waals surface area (Å²) in [5.74, 6) is 1.71. The average molecular weight is 437 g/mol. The van der Waals surface area contributed by atoms with Crippen molar-refractivity contribution in [3.05, 3.63) is 41.3 Å². The predicted molar refractivity (Wildman–Crippen MR) is 123 cm³/mol. The number of piperidine rings is 1. The summed E-state index contributed by atoms with van der Waals surface area (Å²) in [4.78, 5) is 26.0. The van der Waals surface area contributed by atoms with Gasteiger partial charge in [0.05, 0.1) is 0 Å². The molecule has 1 aromatic heterocycles. The number of anilines is 2. The third kappa shape index (κ3) is 3.48. The van der Waals surface area contributed by atoms with Crippen LogP contribution in [-0.4, -0.2) is 51.3 Å². The molecule has 1 spiro atoms. The Balaban J connectivity index is 1.47. The number of phenolic OH excluding ortho intramolecular Hbond substituents is 1. The second kappa shape index (κ2) is 7.36. The molecule has 0 saturated carbocycles. The molecule has 7 heteroatoms. The fourth-order valence-electron chi connectivity index (χ4n) is 5.56. The Morgan fingerprint density at radius 1 is 1.22 bits per heavy atom. The Labute approximate surface area is 189 Å². The van der Waals surface area contributed by atoms with E-state index in [4.69, 9.17) is 9.72 Å². The number of aromatic nitrogens is 2. The number of aryl methyl sites for hydroxylation is 1. The Morgan fingerprint density at radius 3 is 2.69 bits per heavy atom. The van der Waals surface area contributed by atoms with Crippen molar-refractivity contribution in [1.82, 2.24) is 14.9 Å². The third-order valence-corrected chi connectivity index (χ3v) is 7.18. The summed E-state index contributed by atoms with van der Waals surface area (Å²) in [6, 6.07) is 5.67. The van der Waals surface area contributed by atoms with Crippen LogP contribution in [0.4, 0.5) is 16.3 Å². The number of amides is 1. The Bertz CT molecular complexity index is 1050. The molecule has 1 atom stereocenters. The van der Waals surface area contributed by atoms with Crippen LogP contribution in [0, 0.1) is 0 Å². The van der Waals surface area contributed by atoms with Crippen molar-refractivity contribution in [3.63, 3.8) is 0 Å². The van der Waals surface area contributed by atoms with Gasteiger partial charge in [0.1, 0.15) is 23.5 Å². The summed E-state index contributed by atoms with van der Waals surface area (Å²) in [6.45, 7) is 10.0. The number of hydrogen-bond acceptors (Lipinski definition) is 6. The van der Waals surface area contributed by atoms with Crippen molar-refractivity contribution in [2.75, 3.05) is 24.5 Å². The number of carbonyl (C=O) groups excluding carboxylic acids is 1. The minimum absolute atomic E-state index is 0.133. The first-order valence-corrected chi connectivity index (χ1v) is 11.6. The maximum Gasteiger partial charge on any atom is 0.410 e. The Hall–Kier alpha value is -2.83. The van der Waals surface area contributed by atoms with Crippen molar-refractivity contribution in [1.29, 1.82) is 0 Å². The molecule has 2 aromatic rings. The molecule has 3 heterocycles. The third-order valence-electron chi connectivity index (χ3n) is 7.18. The number of aromatic hydroxyl groups is 1. The smallest absolute Gasteiger partial charge is 0.410 e. The summed E-state index contributed by atoms with van der Waals surface area (Å²) in [5.41, 5.74) is 4.04. The average Bonchev–Trinajstić information content (AvgIpc) is 3.26. The van der Waals surface area contributed by atoms with E-state index in [1.165, 1.54) is 5.56 Å². The van der Waals surface area contributed by atoms with E-state index in [0.717, 1.165) is 55.0 Å². The molecule has 1 N–H and O–H groups in total. The van der Waals surface area contributed by atoms with Gasteiger partial charge in [0, 0.05) is 42.0 Å². The number of benzene rings is 1. The number of fused-ring (bicyclic) bond motifs is 3. The van der Waals surface area contributed by atoms with Gasteiger partial charge in [-0.3, -0.25) is 0 Å². The number of ether oxygens (including phenoxy) is 1. The van der Waals surface area contributed by atoms with Crippen LogP contribution in [-0.2, 0) is 16.6 Å². The number of carbonyl (C=O) groups is 1. The van der Waals surface area contributed by atoms with Crippen molar-refractivity contribution in [2.24, 2.45) is 0 Å². The fraction of sp³-hybridized carbons (Fsp3) is 0.560. The number of rotatable bonds is 1. The second-order valence-electron chi connectivity index (χ2n) is 10.5. The van der Waals surface area contributed by atoms with Crippen molar-refractivity contribution in [2.45, 2.75) is 70.3 Å². The maximum atomic E-state index is 12.6. The molecule has 2 aliphatic heterocycles. The molecule has 1 amide bonds. The predicted octanol–water partition coefficient (Wildman–Crippen LogP) is 4.65. The Morgan fingerprint density at radius 2 is 1.97 bits per heavy atom. The van der Waals surface area contributed by atoms with Crippen LogP contribution in [0.5, 0.6) is 5.75 Å². The first-order chi connectivity index (χ1) is 15.2. The molecule has 170 valence electrons. The molecule has 1 fully saturated rings. The Kier molecular flexibility index (Phi) is 4.84. The molecule has 0 radical (unpaired) electrons. The van der Waals surface area contributed by atoms with Crippen LogP contribution in [0.15, 0.2) is 24.5 Å². The van der Waals surface area contributed by atoms with Crippen LogP contribution in [0.1, 0.15) is 69.7 Å². The van der Waals surface area contributed by atoms with E-state index in [2.05, 4.69) is 16.8 Å². The highest BCUT2D eigenvalue weighted by Gasteiger charge is 2.47. The summed E-state index contributed by atoms with van der Waals surface area (Å²) >= 11 is 0. The van der Waals surface area contributed by atoms with E-state index >= 15 is 0 Å². The lowest BCUT2D eigenvalue weighted by Crippen LogP contribution is -2.48. The van der Waals surface area contributed by atoms with Crippen molar-refractivity contribution >= 4 is 17.6 Å². The van der Waals surface area contributed by atoms with Crippen LogP contribution in [0.25, 0.3) is 0 Å². The number of nitrogens with zero attached hydrogens (tertiary/aromatic N) is 4. The quantitative estimate of drug-likeness (QED) is 0.701. The van der Waals surface area contributed by atoms with Gasteiger partial charge in [0.25, 0.3) is 0 Å².